The van der Waals surface area contributed by atoms with Crippen LogP contribution in [0.3, 0.4) is 0 Å². The summed E-state index contributed by atoms with van der Waals surface area (Å²) in [6.45, 7) is 0.337. The summed E-state index contributed by atoms with van der Waals surface area (Å²) >= 11 is 0. The molecule has 2 unspecified atom stereocenters. The Morgan fingerprint density at radius 3 is 2.43 bits per heavy atom. The summed E-state index contributed by atoms with van der Waals surface area (Å²) in [7, 11) is 1.77. The third-order valence-corrected chi connectivity index (χ3v) is 4.69. The van der Waals surface area contributed by atoms with Crippen molar-refractivity contribution >= 4 is 41.5 Å². The molecule has 0 aromatic heterocycles. The number of nitrogens with two attached hydrogens (primary N) is 1. The van der Waals surface area contributed by atoms with Crippen LogP contribution < -0.4 is 15.8 Å². The molecule has 0 saturated carbocycles. The second-order valence-electron chi connectivity index (χ2n) is 6.75. The maximum atomic E-state index is 12.2. The number of rotatable bonds is 5. The van der Waals surface area contributed by atoms with Crippen LogP contribution in [0.1, 0.15) is 18.0 Å². The average Bonchev–Trinajstić information content (AvgIpc) is 2.95. The van der Waals surface area contributed by atoms with Crippen LogP contribution in [0, 0.1) is 5.92 Å². The van der Waals surface area contributed by atoms with Gasteiger partial charge in [-0.1, -0.05) is 30.3 Å². The van der Waals surface area contributed by atoms with Crippen LogP contribution >= 0.6 is 24.0 Å². The van der Waals surface area contributed by atoms with Crippen molar-refractivity contribution in [1.29, 1.82) is 0 Å². The smallest absolute Gasteiger partial charge is 0.406 e. The van der Waals surface area contributed by atoms with Crippen LogP contribution in [0.4, 0.5) is 18.9 Å². The van der Waals surface area contributed by atoms with E-state index in [2.05, 4.69) is 15.0 Å². The van der Waals surface area contributed by atoms with Crippen LogP contribution in [0.25, 0.3) is 0 Å². The van der Waals surface area contributed by atoms with Gasteiger partial charge in [0.1, 0.15) is 5.75 Å². The molecule has 0 bridgehead atoms. The monoisotopic (exact) mass is 534 g/mol. The lowest BCUT2D eigenvalue weighted by atomic mass is 9.94. The third-order valence-electron chi connectivity index (χ3n) is 4.69. The first-order valence-corrected chi connectivity index (χ1v) is 8.96. The van der Waals surface area contributed by atoms with E-state index in [9.17, 15) is 18.0 Å². The van der Waals surface area contributed by atoms with Crippen molar-refractivity contribution in [2.24, 2.45) is 16.6 Å². The Bertz CT molecular complexity index is 876. The van der Waals surface area contributed by atoms with Gasteiger partial charge in [-0.15, -0.1) is 37.1 Å². The average molecular weight is 534 g/mol. The molecule has 1 amide bonds. The Labute approximate surface area is 189 Å². The van der Waals surface area contributed by atoms with Gasteiger partial charge in [-0.3, -0.25) is 9.79 Å². The fraction of sp³-hybridized carbons (Fsp3) is 0.300. The number of anilines is 1. The molecule has 3 rings (SSSR count). The van der Waals surface area contributed by atoms with Crippen molar-refractivity contribution < 1.29 is 22.7 Å². The second-order valence-corrected chi connectivity index (χ2v) is 6.75. The summed E-state index contributed by atoms with van der Waals surface area (Å²) in [5.74, 6) is -0.191. The van der Waals surface area contributed by atoms with Crippen molar-refractivity contribution in [3.8, 4) is 5.75 Å². The van der Waals surface area contributed by atoms with Crippen molar-refractivity contribution in [3.63, 3.8) is 0 Å². The maximum absolute atomic E-state index is 12.2. The highest BCUT2D eigenvalue weighted by molar-refractivity contribution is 14.0. The number of carbonyl (C=O) groups excluding carboxylic acids is 1. The Morgan fingerprint density at radius 1 is 1.20 bits per heavy atom. The molecule has 1 aliphatic heterocycles. The number of nitrogens with one attached hydrogen (secondary N) is 1. The van der Waals surface area contributed by atoms with Gasteiger partial charge in [0.05, 0.1) is 6.04 Å². The zero-order chi connectivity index (χ0) is 21.0. The molecule has 0 radical (unpaired) electrons. The van der Waals surface area contributed by atoms with E-state index in [1.165, 1.54) is 24.3 Å². The fourth-order valence-electron chi connectivity index (χ4n) is 3.40. The van der Waals surface area contributed by atoms with Gasteiger partial charge in [0.2, 0.25) is 5.91 Å². The lowest BCUT2D eigenvalue weighted by Gasteiger charge is -2.24. The van der Waals surface area contributed by atoms with Crippen LogP contribution in [0.2, 0.25) is 0 Å². The van der Waals surface area contributed by atoms with Gasteiger partial charge in [0.15, 0.2) is 5.96 Å². The molecule has 2 aromatic carbocycles. The highest BCUT2D eigenvalue weighted by Crippen LogP contribution is 2.37. The van der Waals surface area contributed by atoms with Gasteiger partial charge in [-0.25, -0.2) is 0 Å². The number of ether oxygens (including phenoxy) is 1. The number of benzene rings is 2. The number of hydrogen-bond acceptors (Lipinski definition) is 3. The van der Waals surface area contributed by atoms with Crippen LogP contribution in [0.5, 0.6) is 5.75 Å². The summed E-state index contributed by atoms with van der Waals surface area (Å²) in [6.07, 6.45) is -4.37. The summed E-state index contributed by atoms with van der Waals surface area (Å²) in [4.78, 5) is 18.2. The summed E-state index contributed by atoms with van der Waals surface area (Å²) in [5, 5.41) is 2.83. The predicted molar refractivity (Wildman–Crippen MR) is 119 cm³/mol. The van der Waals surface area contributed by atoms with E-state index in [1.807, 2.05) is 30.3 Å². The van der Waals surface area contributed by atoms with E-state index in [1.54, 1.807) is 11.9 Å². The minimum Gasteiger partial charge on any atom is -0.406 e. The first-order chi connectivity index (χ1) is 13.7. The van der Waals surface area contributed by atoms with Gasteiger partial charge in [-0.2, -0.15) is 0 Å². The van der Waals surface area contributed by atoms with E-state index in [0.717, 1.165) is 5.56 Å². The maximum Gasteiger partial charge on any atom is 0.573 e. The molecule has 2 atom stereocenters. The fourth-order valence-corrected chi connectivity index (χ4v) is 3.40. The van der Waals surface area contributed by atoms with Gasteiger partial charge in [0.25, 0.3) is 0 Å². The minimum atomic E-state index is -4.74. The SMILES string of the molecule is CN1C(=O)CC(CN=C(N)Nc2ccc(OC(F)(F)F)cc2)C1c1ccccc1.I. The molecule has 6 nitrogen and oxygen atoms in total. The molecule has 2 aromatic rings. The predicted octanol–water partition coefficient (Wildman–Crippen LogP) is 4.15. The Kier molecular flexibility index (Phi) is 7.93. The number of alkyl halides is 3. The molecule has 10 heteroatoms. The first kappa shape index (κ1) is 23.8. The number of likely N-dealkylation sites (tertiary alicyclic amines) is 1. The molecule has 1 heterocycles. The molecule has 30 heavy (non-hydrogen) atoms. The number of aliphatic imine (C=N–C) groups is 1. The van der Waals surface area contributed by atoms with Crippen LogP contribution in [-0.4, -0.2) is 36.7 Å². The van der Waals surface area contributed by atoms with E-state index in [4.69, 9.17) is 5.73 Å². The molecular formula is C20H22F3IN4O2. The number of nitrogens with zero attached hydrogens (tertiary/aromatic N) is 2. The standard InChI is InChI=1S/C20H21F3N4O2.HI/c1-27-17(28)11-14(18(27)13-5-3-2-4-6-13)12-25-19(24)26-15-7-9-16(10-8-15)29-20(21,22)23;/h2-10,14,18H,11-12H2,1H3,(H3,24,25,26);1H. The van der Waals surface area contributed by atoms with Crippen molar-refractivity contribution in [1.82, 2.24) is 4.90 Å². The molecule has 3 N–H and O–H groups in total. The number of carbonyl (C=O) groups is 1. The first-order valence-electron chi connectivity index (χ1n) is 8.96. The molecule has 0 spiro atoms. The third kappa shape index (κ3) is 6.25. The highest BCUT2D eigenvalue weighted by atomic mass is 127. The van der Waals surface area contributed by atoms with Crippen LogP contribution in [-0.2, 0) is 4.79 Å². The van der Waals surface area contributed by atoms with Gasteiger partial charge in [-0.05, 0) is 29.8 Å². The second kappa shape index (κ2) is 10.0. The van der Waals surface area contributed by atoms with E-state index < -0.39 is 6.36 Å². The molecular weight excluding hydrogens is 512 g/mol. The van der Waals surface area contributed by atoms with Crippen molar-refractivity contribution in [2.45, 2.75) is 18.8 Å². The van der Waals surface area contributed by atoms with E-state index >= 15 is 0 Å². The minimum absolute atomic E-state index is 0. The quantitative estimate of drug-likeness (QED) is 0.343. The van der Waals surface area contributed by atoms with Crippen molar-refractivity contribution in [2.75, 3.05) is 18.9 Å². The lowest BCUT2D eigenvalue weighted by molar-refractivity contribution is -0.274. The number of amides is 1. The molecule has 0 aliphatic carbocycles. The summed E-state index contributed by atoms with van der Waals surface area (Å²) in [6, 6.07) is 14.8. The van der Waals surface area contributed by atoms with E-state index in [0.29, 0.717) is 18.7 Å². The summed E-state index contributed by atoms with van der Waals surface area (Å²) < 4.78 is 40.4. The lowest BCUT2D eigenvalue weighted by Crippen LogP contribution is -2.27. The van der Waals surface area contributed by atoms with E-state index in [-0.39, 0.29) is 53.6 Å². The van der Waals surface area contributed by atoms with Gasteiger partial charge < -0.3 is 20.7 Å². The Balaban J connectivity index is 0.00000320. The normalized spacial score (nSPS) is 19.4. The Morgan fingerprint density at radius 2 is 1.83 bits per heavy atom. The molecule has 1 saturated heterocycles. The zero-order valence-electron chi connectivity index (χ0n) is 16.1. The Hall–Kier alpha value is -2.50. The molecule has 1 aliphatic rings. The van der Waals surface area contributed by atoms with Gasteiger partial charge in [0, 0.05) is 31.6 Å². The number of hydrogen-bond donors (Lipinski definition) is 2. The highest BCUT2D eigenvalue weighted by Gasteiger charge is 2.38. The molecule has 1 fully saturated rings. The van der Waals surface area contributed by atoms with Gasteiger partial charge >= 0.3 is 6.36 Å². The largest absolute Gasteiger partial charge is 0.573 e. The topological polar surface area (TPSA) is 80.0 Å². The van der Waals surface area contributed by atoms with Crippen molar-refractivity contribution in [3.05, 3.63) is 60.2 Å². The van der Waals surface area contributed by atoms with Crippen LogP contribution in [0.15, 0.2) is 59.6 Å². The summed E-state index contributed by atoms with van der Waals surface area (Å²) in [5.41, 5.74) is 7.41. The molecule has 162 valence electrons. The zero-order valence-corrected chi connectivity index (χ0v) is 18.4. The number of halogens is 4. The number of guanidine groups is 1.